The van der Waals surface area contributed by atoms with Gasteiger partial charge in [-0.25, -0.2) is 9.18 Å². The minimum atomic E-state index is -1.15. The molecule has 0 saturated carbocycles. The van der Waals surface area contributed by atoms with Crippen LogP contribution in [-0.4, -0.2) is 11.1 Å². The van der Waals surface area contributed by atoms with Crippen LogP contribution in [0, 0.1) is 5.82 Å². The van der Waals surface area contributed by atoms with Gasteiger partial charge in [0.2, 0.25) is 0 Å². The van der Waals surface area contributed by atoms with Crippen LogP contribution in [0.2, 0.25) is 10.0 Å². The molecule has 20 heavy (non-hydrogen) atoms. The van der Waals surface area contributed by atoms with Crippen LogP contribution in [0.5, 0.6) is 5.75 Å². The van der Waals surface area contributed by atoms with Crippen molar-refractivity contribution in [2.75, 3.05) is 0 Å². The second kappa shape index (κ2) is 6.11. The fourth-order valence-electron chi connectivity index (χ4n) is 1.59. The van der Waals surface area contributed by atoms with Crippen LogP contribution in [0.4, 0.5) is 4.39 Å². The highest BCUT2D eigenvalue weighted by molar-refractivity contribution is 6.31. The predicted octanol–water partition coefficient (Wildman–Crippen LogP) is 4.41. The summed E-state index contributed by atoms with van der Waals surface area (Å²) in [6, 6.07) is 8.52. The Kier molecular flexibility index (Phi) is 4.47. The molecule has 0 saturated heterocycles. The van der Waals surface area contributed by atoms with Gasteiger partial charge < -0.3 is 9.84 Å². The topological polar surface area (TPSA) is 46.5 Å². The van der Waals surface area contributed by atoms with Gasteiger partial charge in [-0.3, -0.25) is 0 Å². The number of carboxylic acids is 1. The Balaban J connectivity index is 2.18. The predicted molar refractivity (Wildman–Crippen MR) is 74.2 cm³/mol. The molecule has 2 aromatic carbocycles. The summed E-state index contributed by atoms with van der Waals surface area (Å²) >= 11 is 11.3. The molecule has 6 heteroatoms. The molecular formula is C14H9Cl2FO3. The standard InChI is InChI=1S/C14H9Cl2FO3/c15-9-2-4-13(10(6-9)14(18)19)20-7-8-1-3-11(16)12(17)5-8/h1-6H,7H2,(H,18,19). The zero-order chi connectivity index (χ0) is 14.7. The molecule has 0 aromatic heterocycles. The maximum Gasteiger partial charge on any atom is 0.339 e. The first kappa shape index (κ1) is 14.6. The number of rotatable bonds is 4. The van der Waals surface area contributed by atoms with Crippen molar-refractivity contribution < 1.29 is 19.0 Å². The number of hydrogen-bond donors (Lipinski definition) is 1. The number of carbonyl (C=O) groups is 1. The Morgan fingerprint density at radius 2 is 1.95 bits per heavy atom. The number of ether oxygens (including phenoxy) is 1. The maximum absolute atomic E-state index is 13.3. The molecular weight excluding hydrogens is 306 g/mol. The van der Waals surface area contributed by atoms with Crippen molar-refractivity contribution in [1.29, 1.82) is 0 Å². The Labute approximate surface area is 124 Å². The van der Waals surface area contributed by atoms with Crippen molar-refractivity contribution in [3.05, 3.63) is 63.4 Å². The van der Waals surface area contributed by atoms with Gasteiger partial charge >= 0.3 is 5.97 Å². The normalized spacial score (nSPS) is 10.3. The van der Waals surface area contributed by atoms with E-state index in [2.05, 4.69) is 0 Å². The van der Waals surface area contributed by atoms with Crippen molar-refractivity contribution in [2.24, 2.45) is 0 Å². The summed E-state index contributed by atoms with van der Waals surface area (Å²) in [7, 11) is 0. The Morgan fingerprint density at radius 1 is 1.20 bits per heavy atom. The third-order valence-corrected chi connectivity index (χ3v) is 3.09. The average molecular weight is 315 g/mol. The van der Waals surface area contributed by atoms with E-state index in [1.165, 1.54) is 30.3 Å². The van der Waals surface area contributed by atoms with Crippen molar-refractivity contribution in [3.63, 3.8) is 0 Å². The molecule has 0 atom stereocenters. The first-order valence-electron chi connectivity index (χ1n) is 5.57. The van der Waals surface area contributed by atoms with Gasteiger partial charge in [0, 0.05) is 5.02 Å². The first-order valence-corrected chi connectivity index (χ1v) is 6.32. The summed E-state index contributed by atoms with van der Waals surface area (Å²) in [5.74, 6) is -1.54. The minimum Gasteiger partial charge on any atom is -0.488 e. The molecule has 0 unspecified atom stereocenters. The van der Waals surface area contributed by atoms with Crippen LogP contribution in [0.3, 0.4) is 0 Å². The second-order valence-electron chi connectivity index (χ2n) is 3.98. The zero-order valence-corrected chi connectivity index (χ0v) is 11.6. The second-order valence-corrected chi connectivity index (χ2v) is 4.83. The monoisotopic (exact) mass is 314 g/mol. The van der Waals surface area contributed by atoms with Crippen LogP contribution in [0.15, 0.2) is 36.4 Å². The minimum absolute atomic E-state index is 0.0199. The highest BCUT2D eigenvalue weighted by Gasteiger charge is 2.12. The number of benzene rings is 2. The van der Waals surface area contributed by atoms with E-state index in [-0.39, 0.29) is 22.9 Å². The SMILES string of the molecule is O=C(O)c1cc(Cl)ccc1OCc1ccc(Cl)c(F)c1. The molecule has 0 bridgehead atoms. The van der Waals surface area contributed by atoms with Gasteiger partial charge in [0.25, 0.3) is 0 Å². The molecule has 0 heterocycles. The van der Waals surface area contributed by atoms with Gasteiger partial charge in [0.1, 0.15) is 23.7 Å². The van der Waals surface area contributed by atoms with E-state index in [1.807, 2.05) is 0 Å². The van der Waals surface area contributed by atoms with Crippen molar-refractivity contribution >= 4 is 29.2 Å². The number of carboxylic acid groups (broad SMARTS) is 1. The summed E-state index contributed by atoms with van der Waals surface area (Å²) < 4.78 is 18.7. The molecule has 0 aliphatic carbocycles. The molecule has 0 spiro atoms. The number of halogens is 3. The van der Waals surface area contributed by atoms with Crippen LogP contribution >= 0.6 is 23.2 Å². The molecule has 0 radical (unpaired) electrons. The smallest absolute Gasteiger partial charge is 0.339 e. The third-order valence-electron chi connectivity index (χ3n) is 2.55. The fourth-order valence-corrected chi connectivity index (χ4v) is 1.88. The summed E-state index contributed by atoms with van der Waals surface area (Å²) in [5.41, 5.74) is 0.491. The van der Waals surface area contributed by atoms with E-state index in [0.717, 1.165) is 0 Å². The lowest BCUT2D eigenvalue weighted by atomic mass is 10.2. The van der Waals surface area contributed by atoms with E-state index in [0.29, 0.717) is 10.6 Å². The van der Waals surface area contributed by atoms with Gasteiger partial charge in [0.15, 0.2) is 0 Å². The lowest BCUT2D eigenvalue weighted by Crippen LogP contribution is -2.03. The molecule has 0 aliphatic heterocycles. The molecule has 0 amide bonds. The van der Waals surface area contributed by atoms with Crippen molar-refractivity contribution in [1.82, 2.24) is 0 Å². The maximum atomic E-state index is 13.3. The molecule has 0 aliphatic rings. The van der Waals surface area contributed by atoms with Gasteiger partial charge in [-0.2, -0.15) is 0 Å². The van der Waals surface area contributed by atoms with Crippen molar-refractivity contribution in [2.45, 2.75) is 6.61 Å². The van der Waals surface area contributed by atoms with Gasteiger partial charge in [-0.05, 0) is 35.9 Å². The molecule has 2 aromatic rings. The Morgan fingerprint density at radius 3 is 2.60 bits per heavy atom. The molecule has 0 fully saturated rings. The highest BCUT2D eigenvalue weighted by Crippen LogP contribution is 2.24. The van der Waals surface area contributed by atoms with E-state index < -0.39 is 11.8 Å². The van der Waals surface area contributed by atoms with E-state index >= 15 is 0 Å². The largest absolute Gasteiger partial charge is 0.488 e. The zero-order valence-electron chi connectivity index (χ0n) is 10.1. The quantitative estimate of drug-likeness (QED) is 0.909. The summed E-state index contributed by atoms with van der Waals surface area (Å²) in [6.45, 7) is 0.0238. The average Bonchev–Trinajstić information content (AvgIpc) is 2.41. The lowest BCUT2D eigenvalue weighted by molar-refractivity contribution is 0.0691. The van der Waals surface area contributed by atoms with E-state index in [1.54, 1.807) is 6.07 Å². The first-order chi connectivity index (χ1) is 9.47. The van der Waals surface area contributed by atoms with Gasteiger partial charge in [0.05, 0.1) is 5.02 Å². The number of hydrogen-bond acceptors (Lipinski definition) is 2. The molecule has 3 nitrogen and oxygen atoms in total. The van der Waals surface area contributed by atoms with Crippen LogP contribution in [-0.2, 0) is 6.61 Å². The fraction of sp³-hybridized carbons (Fsp3) is 0.0714. The molecule has 1 N–H and O–H groups in total. The van der Waals surface area contributed by atoms with Gasteiger partial charge in [-0.15, -0.1) is 0 Å². The Bertz CT molecular complexity index is 659. The van der Waals surface area contributed by atoms with Crippen LogP contribution in [0.25, 0.3) is 0 Å². The summed E-state index contributed by atoms with van der Waals surface area (Å²) in [4.78, 5) is 11.1. The van der Waals surface area contributed by atoms with Crippen LogP contribution < -0.4 is 4.74 Å². The summed E-state index contributed by atoms with van der Waals surface area (Å²) in [6.07, 6.45) is 0. The third kappa shape index (κ3) is 3.40. The molecule has 104 valence electrons. The van der Waals surface area contributed by atoms with E-state index in [4.69, 9.17) is 33.0 Å². The van der Waals surface area contributed by atoms with E-state index in [9.17, 15) is 9.18 Å². The Hall–Kier alpha value is -1.78. The van der Waals surface area contributed by atoms with Gasteiger partial charge in [-0.1, -0.05) is 29.3 Å². The highest BCUT2D eigenvalue weighted by atomic mass is 35.5. The lowest BCUT2D eigenvalue weighted by Gasteiger charge is -2.10. The molecule has 2 rings (SSSR count). The number of aromatic carboxylic acids is 1. The van der Waals surface area contributed by atoms with Crippen LogP contribution in [0.1, 0.15) is 15.9 Å². The van der Waals surface area contributed by atoms with Crippen molar-refractivity contribution in [3.8, 4) is 5.75 Å². The summed E-state index contributed by atoms with van der Waals surface area (Å²) in [5, 5.41) is 9.37.